The van der Waals surface area contributed by atoms with E-state index in [2.05, 4.69) is 49.5 Å². The second kappa shape index (κ2) is 12.0. The number of benzene rings is 2. The Hall–Kier alpha value is -2.87. The third kappa shape index (κ3) is 7.87. The average molecular weight is 421 g/mol. The molecule has 2 aromatic rings. The highest BCUT2D eigenvalue weighted by molar-refractivity contribution is 5.79. The minimum absolute atomic E-state index is 0.102. The van der Waals surface area contributed by atoms with Crippen LogP contribution in [-0.4, -0.2) is 45.2 Å². The van der Waals surface area contributed by atoms with Crippen molar-refractivity contribution in [1.29, 1.82) is 0 Å². The molecule has 0 amide bonds. The number of halogens is 2. The van der Waals surface area contributed by atoms with Crippen molar-refractivity contribution in [2.24, 2.45) is 4.99 Å². The van der Waals surface area contributed by atoms with Gasteiger partial charge in [0.1, 0.15) is 11.5 Å². The van der Waals surface area contributed by atoms with Gasteiger partial charge < -0.3 is 25.0 Å². The van der Waals surface area contributed by atoms with Crippen molar-refractivity contribution in [1.82, 2.24) is 15.5 Å². The maximum absolute atomic E-state index is 12.7. The van der Waals surface area contributed by atoms with Crippen molar-refractivity contribution in [2.75, 3.05) is 27.7 Å². The lowest BCUT2D eigenvalue weighted by molar-refractivity contribution is -0.0504. The second-order valence-corrected chi connectivity index (χ2v) is 6.96. The molecule has 0 saturated heterocycles. The van der Waals surface area contributed by atoms with Gasteiger partial charge in [0, 0.05) is 25.2 Å². The first kappa shape index (κ1) is 23.4. The van der Waals surface area contributed by atoms with Gasteiger partial charge in [-0.1, -0.05) is 24.3 Å². The summed E-state index contributed by atoms with van der Waals surface area (Å²) in [5, 5.41) is 6.32. The standard InChI is InChI=1S/C22H30F2N4O2/c1-5-25-22(26-13-16-6-8-17(9-7-16)15-28(2)3)27-14-18-12-19(29-4)10-11-20(18)30-21(23)24/h6-12,21H,5,13-15H2,1-4H3,(H2,25,26,27). The highest BCUT2D eigenvalue weighted by atomic mass is 19.3. The zero-order valence-corrected chi connectivity index (χ0v) is 17.9. The van der Waals surface area contributed by atoms with E-state index in [0.29, 0.717) is 30.4 Å². The lowest BCUT2D eigenvalue weighted by Crippen LogP contribution is -2.36. The van der Waals surface area contributed by atoms with Crippen LogP contribution in [0.3, 0.4) is 0 Å². The van der Waals surface area contributed by atoms with E-state index in [1.54, 1.807) is 12.1 Å². The van der Waals surface area contributed by atoms with Crippen LogP contribution in [0, 0.1) is 0 Å². The number of nitrogens with one attached hydrogen (secondary N) is 2. The topological polar surface area (TPSA) is 58.1 Å². The molecule has 0 spiro atoms. The number of hydrogen-bond acceptors (Lipinski definition) is 4. The van der Waals surface area contributed by atoms with Crippen molar-refractivity contribution in [3.63, 3.8) is 0 Å². The summed E-state index contributed by atoms with van der Waals surface area (Å²) >= 11 is 0. The molecule has 0 bridgehead atoms. The van der Waals surface area contributed by atoms with Crippen molar-refractivity contribution in [3.05, 3.63) is 59.2 Å². The summed E-state index contributed by atoms with van der Waals surface area (Å²) in [4.78, 5) is 6.70. The summed E-state index contributed by atoms with van der Waals surface area (Å²) in [6, 6.07) is 13.0. The van der Waals surface area contributed by atoms with Crippen LogP contribution in [0.2, 0.25) is 0 Å². The molecule has 164 valence electrons. The molecule has 0 radical (unpaired) electrons. The van der Waals surface area contributed by atoms with Gasteiger partial charge in [0.05, 0.1) is 13.7 Å². The quantitative estimate of drug-likeness (QED) is 0.454. The van der Waals surface area contributed by atoms with E-state index in [1.807, 2.05) is 21.0 Å². The summed E-state index contributed by atoms with van der Waals surface area (Å²) in [6.07, 6.45) is 0. The van der Waals surface area contributed by atoms with Gasteiger partial charge in [-0.2, -0.15) is 8.78 Å². The van der Waals surface area contributed by atoms with Crippen LogP contribution < -0.4 is 20.1 Å². The molecule has 2 rings (SSSR count). The Kier molecular flexibility index (Phi) is 9.34. The Morgan fingerprint density at radius 1 is 1.07 bits per heavy atom. The first-order valence-corrected chi connectivity index (χ1v) is 9.77. The van der Waals surface area contributed by atoms with E-state index >= 15 is 0 Å². The Labute approximate surface area is 176 Å². The van der Waals surface area contributed by atoms with Gasteiger partial charge in [0.2, 0.25) is 0 Å². The number of nitrogens with zero attached hydrogens (tertiary/aromatic N) is 2. The summed E-state index contributed by atoms with van der Waals surface area (Å²) in [5.41, 5.74) is 2.87. The Bertz CT molecular complexity index is 811. The fraction of sp³-hybridized carbons (Fsp3) is 0.409. The normalized spacial score (nSPS) is 11.7. The van der Waals surface area contributed by atoms with Crippen LogP contribution in [0.15, 0.2) is 47.5 Å². The predicted octanol–water partition coefficient (Wildman–Crippen LogP) is 3.61. The maximum atomic E-state index is 12.7. The molecule has 6 nitrogen and oxygen atoms in total. The molecule has 0 atom stereocenters. The zero-order chi connectivity index (χ0) is 21.9. The van der Waals surface area contributed by atoms with Gasteiger partial charge in [-0.15, -0.1) is 0 Å². The van der Waals surface area contributed by atoms with E-state index in [4.69, 9.17) is 4.74 Å². The van der Waals surface area contributed by atoms with Crippen molar-refractivity contribution in [2.45, 2.75) is 33.2 Å². The predicted molar refractivity (Wildman–Crippen MR) is 115 cm³/mol. The maximum Gasteiger partial charge on any atom is 0.387 e. The number of aliphatic imine (C=N–C) groups is 1. The van der Waals surface area contributed by atoms with E-state index in [0.717, 1.165) is 12.1 Å². The molecule has 0 saturated carbocycles. The van der Waals surface area contributed by atoms with E-state index in [-0.39, 0.29) is 12.3 Å². The van der Waals surface area contributed by atoms with Crippen LogP contribution in [0.25, 0.3) is 0 Å². The molecule has 0 aromatic heterocycles. The van der Waals surface area contributed by atoms with Gasteiger partial charge >= 0.3 is 6.61 Å². The van der Waals surface area contributed by atoms with Crippen LogP contribution in [0.4, 0.5) is 8.78 Å². The van der Waals surface area contributed by atoms with Crippen LogP contribution >= 0.6 is 0 Å². The molecule has 2 N–H and O–H groups in total. The van der Waals surface area contributed by atoms with Gasteiger partial charge in [0.25, 0.3) is 0 Å². The monoisotopic (exact) mass is 420 g/mol. The molecule has 0 aliphatic heterocycles. The minimum atomic E-state index is -2.89. The number of hydrogen-bond donors (Lipinski definition) is 2. The zero-order valence-electron chi connectivity index (χ0n) is 17.9. The first-order chi connectivity index (χ1) is 14.4. The Morgan fingerprint density at radius 3 is 2.37 bits per heavy atom. The molecule has 2 aromatic carbocycles. The van der Waals surface area contributed by atoms with E-state index in [1.165, 1.54) is 18.7 Å². The number of ether oxygens (including phenoxy) is 2. The third-order valence-electron chi connectivity index (χ3n) is 4.22. The van der Waals surface area contributed by atoms with Crippen molar-refractivity contribution < 1.29 is 18.3 Å². The smallest absolute Gasteiger partial charge is 0.387 e. The van der Waals surface area contributed by atoms with Crippen molar-refractivity contribution >= 4 is 5.96 Å². The molecule has 0 aliphatic rings. The molecule has 8 heteroatoms. The first-order valence-electron chi connectivity index (χ1n) is 9.77. The molecule has 0 heterocycles. The van der Waals surface area contributed by atoms with E-state index < -0.39 is 6.61 Å². The molecular weight excluding hydrogens is 390 g/mol. The SMILES string of the molecule is CCNC(=NCc1ccc(CN(C)C)cc1)NCc1cc(OC)ccc1OC(F)F. The lowest BCUT2D eigenvalue weighted by atomic mass is 10.1. The highest BCUT2D eigenvalue weighted by Crippen LogP contribution is 2.25. The third-order valence-corrected chi connectivity index (χ3v) is 4.22. The van der Waals surface area contributed by atoms with E-state index in [9.17, 15) is 8.78 Å². The fourth-order valence-corrected chi connectivity index (χ4v) is 2.84. The van der Waals surface area contributed by atoms with Gasteiger partial charge in [-0.3, -0.25) is 0 Å². The highest BCUT2D eigenvalue weighted by Gasteiger charge is 2.11. The van der Waals surface area contributed by atoms with Crippen LogP contribution in [0.5, 0.6) is 11.5 Å². The summed E-state index contributed by atoms with van der Waals surface area (Å²) in [6.45, 7) is 1.38. The van der Waals surface area contributed by atoms with Gasteiger partial charge in [-0.25, -0.2) is 4.99 Å². The summed E-state index contributed by atoms with van der Waals surface area (Å²) in [5.74, 6) is 1.25. The lowest BCUT2D eigenvalue weighted by Gasteiger charge is -2.15. The summed E-state index contributed by atoms with van der Waals surface area (Å²) < 4.78 is 35.2. The van der Waals surface area contributed by atoms with Gasteiger partial charge in [-0.05, 0) is 50.3 Å². The number of guanidine groups is 1. The molecule has 30 heavy (non-hydrogen) atoms. The Balaban J connectivity index is 2.06. The molecular formula is C22H30F2N4O2. The fourth-order valence-electron chi connectivity index (χ4n) is 2.84. The average Bonchev–Trinajstić information content (AvgIpc) is 2.71. The van der Waals surface area contributed by atoms with Gasteiger partial charge in [0.15, 0.2) is 5.96 Å². The molecule has 0 fully saturated rings. The molecule has 0 unspecified atom stereocenters. The Morgan fingerprint density at radius 2 is 1.77 bits per heavy atom. The van der Waals surface area contributed by atoms with Crippen LogP contribution in [0.1, 0.15) is 23.6 Å². The minimum Gasteiger partial charge on any atom is -0.497 e. The van der Waals surface area contributed by atoms with Crippen molar-refractivity contribution in [3.8, 4) is 11.5 Å². The van der Waals surface area contributed by atoms with Crippen LogP contribution in [-0.2, 0) is 19.6 Å². The number of methoxy groups -OCH3 is 1. The molecule has 0 aliphatic carbocycles. The number of rotatable bonds is 10. The number of alkyl halides is 2. The second-order valence-electron chi connectivity index (χ2n) is 6.96. The largest absolute Gasteiger partial charge is 0.497 e. The summed E-state index contributed by atoms with van der Waals surface area (Å²) in [7, 11) is 5.59.